The Bertz CT molecular complexity index is 261. The third-order valence-electron chi connectivity index (χ3n) is 4.89. The van der Waals surface area contributed by atoms with Crippen molar-refractivity contribution in [3.63, 3.8) is 0 Å². The van der Waals surface area contributed by atoms with Crippen molar-refractivity contribution in [2.75, 3.05) is 31.9 Å². The van der Waals surface area contributed by atoms with Gasteiger partial charge in [-0.1, -0.05) is 6.92 Å². The van der Waals surface area contributed by atoms with Crippen LogP contribution in [0, 0.1) is 5.92 Å². The normalized spacial score (nSPS) is 34.6. The lowest BCUT2D eigenvalue weighted by atomic mass is 9.91. The molecule has 3 atom stereocenters. The molecule has 3 heteroatoms. The van der Waals surface area contributed by atoms with Crippen LogP contribution in [0.15, 0.2) is 0 Å². The zero-order valence-electron chi connectivity index (χ0n) is 13.1. The van der Waals surface area contributed by atoms with E-state index in [0.29, 0.717) is 10.8 Å². The summed E-state index contributed by atoms with van der Waals surface area (Å²) in [6.07, 6.45) is 6.90. The Morgan fingerprint density at radius 1 is 1.42 bits per heavy atom. The van der Waals surface area contributed by atoms with Crippen LogP contribution in [0.1, 0.15) is 52.9 Å². The highest BCUT2D eigenvalue weighted by Gasteiger charge is 2.31. The maximum Gasteiger partial charge on any atom is 0.0256 e. The minimum Gasteiger partial charge on any atom is -0.313 e. The summed E-state index contributed by atoms with van der Waals surface area (Å²) in [5, 5.41) is 3.85. The molecule has 2 heterocycles. The number of hydrogen-bond donors (Lipinski definition) is 1. The van der Waals surface area contributed by atoms with Crippen molar-refractivity contribution >= 4 is 11.8 Å². The van der Waals surface area contributed by atoms with Gasteiger partial charge in [-0.3, -0.25) is 0 Å². The van der Waals surface area contributed by atoms with Gasteiger partial charge in [-0.25, -0.2) is 0 Å². The predicted octanol–water partition coefficient (Wildman–Crippen LogP) is 3.37. The first-order valence-electron chi connectivity index (χ1n) is 8.23. The van der Waals surface area contributed by atoms with E-state index in [4.69, 9.17) is 0 Å². The average Bonchev–Trinajstić information content (AvgIpc) is 2.84. The number of thioether (sulfide) groups is 1. The quantitative estimate of drug-likeness (QED) is 0.805. The van der Waals surface area contributed by atoms with E-state index in [-0.39, 0.29) is 0 Å². The zero-order valence-corrected chi connectivity index (χ0v) is 13.9. The molecule has 2 saturated heterocycles. The topological polar surface area (TPSA) is 15.3 Å². The summed E-state index contributed by atoms with van der Waals surface area (Å²) < 4.78 is 0.506. The lowest BCUT2D eigenvalue weighted by Gasteiger charge is -2.37. The van der Waals surface area contributed by atoms with E-state index in [9.17, 15) is 0 Å². The molecule has 0 spiro atoms. The molecule has 0 amide bonds. The number of likely N-dealkylation sites (tertiary alicyclic amines) is 1. The van der Waals surface area contributed by atoms with Gasteiger partial charge in [0.15, 0.2) is 0 Å². The van der Waals surface area contributed by atoms with Gasteiger partial charge in [0.25, 0.3) is 0 Å². The van der Waals surface area contributed by atoms with E-state index in [1.807, 2.05) is 0 Å². The number of nitrogens with zero attached hydrogens (tertiary/aromatic N) is 1. The van der Waals surface area contributed by atoms with Gasteiger partial charge in [-0.2, -0.15) is 11.8 Å². The number of hydrogen-bond acceptors (Lipinski definition) is 3. The van der Waals surface area contributed by atoms with Crippen LogP contribution in [0.25, 0.3) is 0 Å². The van der Waals surface area contributed by atoms with Crippen molar-refractivity contribution in [1.29, 1.82) is 0 Å². The Labute approximate surface area is 124 Å². The fourth-order valence-corrected chi connectivity index (χ4v) is 4.79. The number of nitrogens with one attached hydrogen (secondary N) is 1. The Hall–Kier alpha value is 0.270. The first-order valence-corrected chi connectivity index (χ1v) is 9.21. The van der Waals surface area contributed by atoms with Crippen molar-refractivity contribution in [1.82, 2.24) is 10.2 Å². The summed E-state index contributed by atoms with van der Waals surface area (Å²) in [6.45, 7) is 12.3. The first-order chi connectivity index (χ1) is 9.13. The zero-order chi connectivity index (χ0) is 13.7. The minimum absolute atomic E-state index is 0.506. The molecule has 19 heavy (non-hydrogen) atoms. The minimum atomic E-state index is 0.506. The van der Waals surface area contributed by atoms with Crippen molar-refractivity contribution < 1.29 is 0 Å². The molecule has 0 aromatic carbocycles. The van der Waals surface area contributed by atoms with E-state index < -0.39 is 0 Å². The molecule has 2 aliphatic heterocycles. The Morgan fingerprint density at radius 2 is 2.26 bits per heavy atom. The highest BCUT2D eigenvalue weighted by molar-refractivity contribution is 8.00. The van der Waals surface area contributed by atoms with Gasteiger partial charge in [-0.05, 0) is 70.7 Å². The molecule has 0 radical (unpaired) electrons. The molecule has 112 valence electrons. The van der Waals surface area contributed by atoms with Gasteiger partial charge in [0, 0.05) is 23.9 Å². The number of rotatable bonds is 6. The summed E-state index contributed by atoms with van der Waals surface area (Å²) in [5.41, 5.74) is 0. The molecule has 2 fully saturated rings. The van der Waals surface area contributed by atoms with Crippen molar-refractivity contribution in [3.05, 3.63) is 0 Å². The number of piperidine rings is 1. The Morgan fingerprint density at radius 3 is 2.95 bits per heavy atom. The van der Waals surface area contributed by atoms with E-state index in [1.54, 1.807) is 0 Å². The average molecular weight is 285 g/mol. The maximum atomic E-state index is 3.85. The van der Waals surface area contributed by atoms with Crippen molar-refractivity contribution in [3.8, 4) is 0 Å². The second-order valence-corrected chi connectivity index (χ2v) is 8.46. The lowest BCUT2D eigenvalue weighted by Crippen LogP contribution is -2.47. The SMILES string of the molecule is CCCN1CCCC(C(C)NCC2(C)CCCS2)C1. The van der Waals surface area contributed by atoms with Crippen LogP contribution in [0.5, 0.6) is 0 Å². The van der Waals surface area contributed by atoms with Crippen molar-refractivity contribution in [2.45, 2.75) is 63.7 Å². The highest BCUT2D eigenvalue weighted by atomic mass is 32.2. The molecule has 2 nitrogen and oxygen atoms in total. The summed E-state index contributed by atoms with van der Waals surface area (Å²) in [6, 6.07) is 0.678. The van der Waals surface area contributed by atoms with Gasteiger partial charge in [0.2, 0.25) is 0 Å². The monoisotopic (exact) mass is 284 g/mol. The summed E-state index contributed by atoms with van der Waals surface area (Å²) >= 11 is 2.17. The standard InChI is InChI=1S/C16H32N2S/c1-4-9-18-10-5-7-15(12-18)14(2)17-13-16(3)8-6-11-19-16/h14-15,17H,4-13H2,1-3H3. The van der Waals surface area contributed by atoms with Crippen molar-refractivity contribution in [2.24, 2.45) is 5.92 Å². The fourth-order valence-electron chi connectivity index (χ4n) is 3.54. The molecule has 3 unspecified atom stereocenters. The molecule has 0 bridgehead atoms. The van der Waals surface area contributed by atoms with Crippen LogP contribution >= 0.6 is 11.8 Å². The highest BCUT2D eigenvalue weighted by Crippen LogP contribution is 2.37. The molecule has 1 N–H and O–H groups in total. The van der Waals surface area contributed by atoms with E-state index >= 15 is 0 Å². The molecule has 0 aliphatic carbocycles. The molecule has 0 aromatic heterocycles. The van der Waals surface area contributed by atoms with Gasteiger partial charge < -0.3 is 10.2 Å². The lowest BCUT2D eigenvalue weighted by molar-refractivity contribution is 0.150. The van der Waals surface area contributed by atoms with Gasteiger partial charge >= 0.3 is 0 Å². The van der Waals surface area contributed by atoms with Crippen LogP contribution in [-0.4, -0.2) is 47.6 Å². The van der Waals surface area contributed by atoms with Gasteiger partial charge in [0.1, 0.15) is 0 Å². The van der Waals surface area contributed by atoms with E-state index in [2.05, 4.69) is 42.7 Å². The van der Waals surface area contributed by atoms with Crippen LogP contribution < -0.4 is 5.32 Å². The van der Waals surface area contributed by atoms with Crippen LogP contribution in [0.2, 0.25) is 0 Å². The molecule has 2 aliphatic rings. The largest absolute Gasteiger partial charge is 0.313 e. The van der Waals surface area contributed by atoms with E-state index in [1.165, 1.54) is 64.0 Å². The summed E-state index contributed by atoms with van der Waals surface area (Å²) in [5.74, 6) is 2.22. The molecular formula is C16H32N2S. The van der Waals surface area contributed by atoms with Gasteiger partial charge in [-0.15, -0.1) is 0 Å². The maximum absolute atomic E-state index is 3.85. The van der Waals surface area contributed by atoms with Crippen LogP contribution in [-0.2, 0) is 0 Å². The van der Waals surface area contributed by atoms with E-state index in [0.717, 1.165) is 5.92 Å². The second kappa shape index (κ2) is 7.33. The third-order valence-corrected chi connectivity index (χ3v) is 6.43. The smallest absolute Gasteiger partial charge is 0.0256 e. The molecular weight excluding hydrogens is 252 g/mol. The fraction of sp³-hybridized carbons (Fsp3) is 1.00. The first kappa shape index (κ1) is 15.7. The van der Waals surface area contributed by atoms with Crippen LogP contribution in [0.3, 0.4) is 0 Å². The molecule has 0 aromatic rings. The molecule has 2 rings (SSSR count). The second-order valence-electron chi connectivity index (χ2n) is 6.77. The Balaban J connectivity index is 1.74. The van der Waals surface area contributed by atoms with Gasteiger partial charge in [0.05, 0.1) is 0 Å². The summed E-state index contributed by atoms with van der Waals surface area (Å²) in [4.78, 5) is 2.67. The summed E-state index contributed by atoms with van der Waals surface area (Å²) in [7, 11) is 0. The Kier molecular flexibility index (Phi) is 6.04. The van der Waals surface area contributed by atoms with Crippen LogP contribution in [0.4, 0.5) is 0 Å². The third kappa shape index (κ3) is 4.64. The molecule has 0 saturated carbocycles. The predicted molar refractivity (Wildman–Crippen MR) is 87.0 cm³/mol.